The molecule has 0 bridgehead atoms. The molecule has 17 heavy (non-hydrogen) atoms. The van der Waals surface area contributed by atoms with E-state index in [9.17, 15) is 13.6 Å². The van der Waals surface area contributed by atoms with Gasteiger partial charge in [0, 0.05) is 12.6 Å². The second-order valence-corrected chi connectivity index (χ2v) is 3.91. The summed E-state index contributed by atoms with van der Waals surface area (Å²) in [6, 6.07) is 4.31. The van der Waals surface area contributed by atoms with Gasteiger partial charge in [-0.2, -0.15) is 5.26 Å². The fraction of sp³-hybridized carbons (Fsp3) is 0.333. The minimum Gasteiger partial charge on any atom is -0.323 e. The molecule has 1 unspecified atom stereocenters. The van der Waals surface area contributed by atoms with Crippen molar-refractivity contribution in [2.45, 2.75) is 18.9 Å². The summed E-state index contributed by atoms with van der Waals surface area (Å²) >= 11 is 0. The molecule has 3 nitrogen and oxygen atoms in total. The van der Waals surface area contributed by atoms with Crippen LogP contribution < -0.4 is 0 Å². The molecular formula is C12H10F2N2O. The molecule has 5 heteroatoms. The first-order chi connectivity index (χ1) is 8.13. The van der Waals surface area contributed by atoms with E-state index >= 15 is 0 Å². The van der Waals surface area contributed by atoms with Gasteiger partial charge in [-0.05, 0) is 25.0 Å². The molecule has 1 heterocycles. The summed E-state index contributed by atoms with van der Waals surface area (Å²) in [5, 5.41) is 8.85. The van der Waals surface area contributed by atoms with E-state index in [2.05, 4.69) is 0 Å². The number of halogens is 2. The minimum atomic E-state index is -0.890. The first kappa shape index (κ1) is 11.5. The van der Waals surface area contributed by atoms with Gasteiger partial charge in [0.2, 0.25) is 0 Å². The smallest absolute Gasteiger partial charge is 0.257 e. The Kier molecular flexibility index (Phi) is 3.05. The van der Waals surface area contributed by atoms with E-state index in [1.54, 1.807) is 0 Å². The minimum absolute atomic E-state index is 0.187. The first-order valence-electron chi connectivity index (χ1n) is 5.29. The van der Waals surface area contributed by atoms with Crippen molar-refractivity contribution in [1.82, 2.24) is 4.90 Å². The summed E-state index contributed by atoms with van der Waals surface area (Å²) in [4.78, 5) is 13.3. The lowest BCUT2D eigenvalue weighted by Crippen LogP contribution is -2.35. The van der Waals surface area contributed by atoms with Gasteiger partial charge in [0.1, 0.15) is 17.7 Å². The molecule has 1 atom stereocenters. The number of amides is 1. The zero-order chi connectivity index (χ0) is 12.4. The Balaban J connectivity index is 2.28. The zero-order valence-electron chi connectivity index (χ0n) is 8.99. The van der Waals surface area contributed by atoms with Gasteiger partial charge in [-0.15, -0.1) is 0 Å². The third-order valence-corrected chi connectivity index (χ3v) is 2.82. The fourth-order valence-corrected chi connectivity index (χ4v) is 1.96. The van der Waals surface area contributed by atoms with Crippen molar-refractivity contribution in [3.63, 3.8) is 0 Å². The summed E-state index contributed by atoms with van der Waals surface area (Å²) < 4.78 is 26.1. The molecule has 1 aromatic rings. The predicted octanol–water partition coefficient (Wildman–Crippen LogP) is 2.09. The van der Waals surface area contributed by atoms with Crippen molar-refractivity contribution in [1.29, 1.82) is 5.26 Å². The second kappa shape index (κ2) is 4.50. The van der Waals surface area contributed by atoms with Gasteiger partial charge in [0.25, 0.3) is 5.91 Å². The molecular weight excluding hydrogens is 226 g/mol. The van der Waals surface area contributed by atoms with Crippen molar-refractivity contribution in [3.8, 4) is 6.07 Å². The average molecular weight is 236 g/mol. The van der Waals surface area contributed by atoms with E-state index in [1.807, 2.05) is 6.07 Å². The number of hydrogen-bond acceptors (Lipinski definition) is 2. The number of nitriles is 1. The largest absolute Gasteiger partial charge is 0.323 e. The number of carbonyl (C=O) groups excluding carboxylic acids is 1. The van der Waals surface area contributed by atoms with Crippen LogP contribution in [0.2, 0.25) is 0 Å². The number of carbonyl (C=O) groups is 1. The zero-order valence-corrected chi connectivity index (χ0v) is 8.99. The van der Waals surface area contributed by atoms with Crippen LogP contribution in [0.15, 0.2) is 18.2 Å². The Bertz CT molecular complexity index is 496. The molecule has 0 aromatic heterocycles. The fourth-order valence-electron chi connectivity index (χ4n) is 1.96. The Morgan fingerprint density at radius 1 is 1.47 bits per heavy atom. The maximum atomic E-state index is 13.4. The molecule has 1 fully saturated rings. The summed E-state index contributed by atoms with van der Waals surface area (Å²) in [6.45, 7) is 0.438. The highest BCUT2D eigenvalue weighted by Crippen LogP contribution is 2.21. The molecule has 2 rings (SSSR count). The Hall–Kier alpha value is -1.96. The summed E-state index contributed by atoms with van der Waals surface area (Å²) in [7, 11) is 0. The number of rotatable bonds is 1. The van der Waals surface area contributed by atoms with E-state index in [0.29, 0.717) is 19.0 Å². The summed E-state index contributed by atoms with van der Waals surface area (Å²) in [5.41, 5.74) is -0.187. The molecule has 0 aliphatic carbocycles. The van der Waals surface area contributed by atoms with Crippen LogP contribution >= 0.6 is 0 Å². The second-order valence-electron chi connectivity index (χ2n) is 3.91. The van der Waals surface area contributed by atoms with Gasteiger partial charge in [-0.1, -0.05) is 0 Å². The quantitative estimate of drug-likeness (QED) is 0.749. The predicted molar refractivity (Wildman–Crippen MR) is 56.0 cm³/mol. The van der Waals surface area contributed by atoms with Crippen LogP contribution in [0, 0.1) is 23.0 Å². The lowest BCUT2D eigenvalue weighted by Gasteiger charge is -2.19. The number of benzene rings is 1. The van der Waals surface area contributed by atoms with Crippen molar-refractivity contribution in [3.05, 3.63) is 35.4 Å². The molecule has 1 aliphatic heterocycles. The highest BCUT2D eigenvalue weighted by Gasteiger charge is 2.30. The standard InChI is InChI=1S/C12H10F2N2O/c13-8-3-4-10(11(14)6-8)12(17)16-5-1-2-9(16)7-15/h3-4,6,9H,1-2,5H2. The van der Waals surface area contributed by atoms with Crippen molar-refractivity contribution in [2.24, 2.45) is 0 Å². The van der Waals surface area contributed by atoms with Crippen LogP contribution in [0.25, 0.3) is 0 Å². The average Bonchev–Trinajstić information content (AvgIpc) is 2.76. The summed E-state index contributed by atoms with van der Waals surface area (Å²) in [5.74, 6) is -2.16. The Morgan fingerprint density at radius 3 is 2.88 bits per heavy atom. The van der Waals surface area contributed by atoms with Gasteiger partial charge in [0.05, 0.1) is 11.6 Å². The third kappa shape index (κ3) is 2.11. The van der Waals surface area contributed by atoms with E-state index in [1.165, 1.54) is 4.90 Å². The molecule has 0 spiro atoms. The van der Waals surface area contributed by atoms with E-state index < -0.39 is 23.6 Å². The van der Waals surface area contributed by atoms with Gasteiger partial charge in [-0.25, -0.2) is 8.78 Å². The third-order valence-electron chi connectivity index (χ3n) is 2.82. The van der Waals surface area contributed by atoms with E-state index in [0.717, 1.165) is 18.6 Å². The first-order valence-corrected chi connectivity index (χ1v) is 5.29. The molecule has 1 amide bonds. The maximum absolute atomic E-state index is 13.4. The monoisotopic (exact) mass is 236 g/mol. The normalized spacial score (nSPS) is 19.1. The SMILES string of the molecule is N#CC1CCCN1C(=O)c1ccc(F)cc1F. The molecule has 0 saturated carbocycles. The molecule has 0 N–H and O–H groups in total. The highest BCUT2D eigenvalue weighted by molar-refractivity contribution is 5.95. The topological polar surface area (TPSA) is 44.1 Å². The van der Waals surface area contributed by atoms with Gasteiger partial charge >= 0.3 is 0 Å². The summed E-state index contributed by atoms with van der Waals surface area (Å²) in [6.07, 6.45) is 1.33. The van der Waals surface area contributed by atoms with Crippen LogP contribution in [-0.2, 0) is 0 Å². The molecule has 88 valence electrons. The molecule has 0 radical (unpaired) electrons. The van der Waals surface area contributed by atoms with Crippen molar-refractivity contribution in [2.75, 3.05) is 6.54 Å². The Labute approximate surface area is 97.3 Å². The maximum Gasteiger partial charge on any atom is 0.257 e. The van der Waals surface area contributed by atoms with Crippen molar-refractivity contribution < 1.29 is 13.6 Å². The van der Waals surface area contributed by atoms with E-state index in [-0.39, 0.29) is 5.56 Å². The van der Waals surface area contributed by atoms with Crippen LogP contribution in [-0.4, -0.2) is 23.4 Å². The van der Waals surface area contributed by atoms with Crippen LogP contribution in [0.5, 0.6) is 0 Å². The Morgan fingerprint density at radius 2 is 2.24 bits per heavy atom. The molecule has 1 aromatic carbocycles. The van der Waals surface area contributed by atoms with E-state index in [4.69, 9.17) is 5.26 Å². The number of likely N-dealkylation sites (tertiary alicyclic amines) is 1. The van der Waals surface area contributed by atoms with Crippen LogP contribution in [0.1, 0.15) is 23.2 Å². The highest BCUT2D eigenvalue weighted by atomic mass is 19.1. The lowest BCUT2D eigenvalue weighted by molar-refractivity contribution is 0.0760. The van der Waals surface area contributed by atoms with Gasteiger partial charge < -0.3 is 4.90 Å². The van der Waals surface area contributed by atoms with Crippen LogP contribution in [0.3, 0.4) is 0 Å². The molecule has 1 aliphatic rings. The van der Waals surface area contributed by atoms with Crippen molar-refractivity contribution >= 4 is 5.91 Å². The number of hydrogen-bond donors (Lipinski definition) is 0. The van der Waals surface area contributed by atoms with Crippen LogP contribution in [0.4, 0.5) is 8.78 Å². The van der Waals surface area contributed by atoms with Gasteiger partial charge in [0.15, 0.2) is 0 Å². The van der Waals surface area contributed by atoms with Gasteiger partial charge in [-0.3, -0.25) is 4.79 Å². The lowest BCUT2D eigenvalue weighted by atomic mass is 10.1. The number of nitrogens with zero attached hydrogens (tertiary/aromatic N) is 2. The molecule has 1 saturated heterocycles.